The molecule has 6 nitrogen and oxygen atoms in total. The second-order valence-electron chi connectivity index (χ2n) is 0. The van der Waals surface area contributed by atoms with Crippen molar-refractivity contribution < 1.29 is 90.7 Å². The Balaban J connectivity index is -0.00000000500. The van der Waals surface area contributed by atoms with Crippen LogP contribution in [0.1, 0.15) is 0 Å². The largest absolute Gasteiger partial charge is 1.00 e. The van der Waals surface area contributed by atoms with E-state index < -0.39 is 0 Å². The predicted molar refractivity (Wildman–Crippen MR) is 10.5 cm³/mol. The van der Waals surface area contributed by atoms with Crippen LogP contribution < -0.4 is 69.6 Å². The van der Waals surface area contributed by atoms with Gasteiger partial charge >= 0.3 is 59.1 Å². The maximum Gasteiger partial charge on any atom is 1.00 e. The van der Waals surface area contributed by atoms with Crippen molar-refractivity contribution in [3.63, 3.8) is 0 Å². The van der Waals surface area contributed by atoms with Gasteiger partial charge in [-0.25, -0.2) is 0 Å². The van der Waals surface area contributed by atoms with Gasteiger partial charge in [-0.2, -0.15) is 0 Å². The Labute approximate surface area is 89.8 Å². The molecular formula is H4Na2O6. The van der Waals surface area contributed by atoms with Crippen LogP contribution in [0.25, 0.3) is 0 Å². The second kappa shape index (κ2) is 170. The van der Waals surface area contributed by atoms with Crippen LogP contribution in [0.5, 0.6) is 0 Å². The molecule has 0 aromatic rings. The molecule has 0 unspecified atom stereocenters. The Bertz CT molecular complexity index is 6.49. The summed E-state index contributed by atoms with van der Waals surface area (Å²) < 4.78 is 0. The maximum absolute atomic E-state index is 7.00. The third-order valence-electron chi connectivity index (χ3n) is 0. The van der Waals surface area contributed by atoms with Crippen LogP contribution >= 0.6 is 0 Å². The van der Waals surface area contributed by atoms with Gasteiger partial charge in [-0.3, -0.25) is 21.0 Å². The van der Waals surface area contributed by atoms with E-state index in [4.69, 9.17) is 31.5 Å². The van der Waals surface area contributed by atoms with Gasteiger partial charge in [0, 0.05) is 0 Å². The first-order valence-corrected chi connectivity index (χ1v) is 0.567. The Hall–Kier alpha value is 1.76. The molecule has 0 heterocycles. The van der Waals surface area contributed by atoms with E-state index in [0.717, 1.165) is 0 Å². The molecule has 0 aliphatic carbocycles. The fourth-order valence-corrected chi connectivity index (χ4v) is 0. The minimum absolute atomic E-state index is 0. The van der Waals surface area contributed by atoms with Gasteiger partial charge in [0.1, 0.15) is 0 Å². The third-order valence-corrected chi connectivity index (χ3v) is 0. The van der Waals surface area contributed by atoms with Gasteiger partial charge in [-0.05, 0) is 0 Å². The maximum atomic E-state index is 7.00. The molecule has 0 aliphatic rings. The molecule has 8 heteroatoms. The molecule has 0 fully saturated rings. The van der Waals surface area contributed by atoms with Crippen molar-refractivity contribution >= 4 is 0 Å². The first-order valence-electron chi connectivity index (χ1n) is 0.567. The van der Waals surface area contributed by atoms with E-state index in [0.29, 0.717) is 0 Å². The van der Waals surface area contributed by atoms with E-state index in [1.807, 2.05) is 0 Å². The third kappa shape index (κ3) is 114. The molecule has 0 aliphatic heterocycles. The molecule has 0 atom stereocenters. The van der Waals surface area contributed by atoms with E-state index >= 15 is 0 Å². The Kier molecular flexibility index (Phi) is 704. The Morgan fingerprint density at radius 3 is 0.625 bits per heavy atom. The number of hydrogen-bond donors (Lipinski definition) is 4. The molecule has 0 saturated heterocycles. The normalized spacial score (nSPS) is 2.25. The smallest absolute Gasteiger partial charge is 1.00 e. The van der Waals surface area contributed by atoms with Crippen molar-refractivity contribution in [2.75, 3.05) is 0 Å². The van der Waals surface area contributed by atoms with Crippen LogP contribution in [0, 0.1) is 0 Å². The van der Waals surface area contributed by atoms with E-state index in [1.165, 1.54) is 0 Å². The van der Waals surface area contributed by atoms with Crippen LogP contribution in [0.15, 0.2) is 0 Å². The van der Waals surface area contributed by atoms with Crippen LogP contribution in [-0.4, -0.2) is 21.0 Å². The minimum Gasteiger partial charge on any atom is -1.00 e. The summed E-state index contributed by atoms with van der Waals surface area (Å²) in [5.41, 5.74) is 0. The minimum atomic E-state index is 0. The summed E-state index contributed by atoms with van der Waals surface area (Å²) in [4.78, 5) is 0. The molecule has 0 bridgehead atoms. The summed E-state index contributed by atoms with van der Waals surface area (Å²) in [5, 5.41) is 38.0. The molecule has 0 saturated carbocycles. The number of hydrogen-bond acceptors (Lipinski definition) is 6. The summed E-state index contributed by atoms with van der Waals surface area (Å²) in [7, 11) is 0. The molecule has 0 spiro atoms. The summed E-state index contributed by atoms with van der Waals surface area (Å²) in [6.45, 7) is 0. The van der Waals surface area contributed by atoms with Crippen LogP contribution in [0.3, 0.4) is 0 Å². The van der Waals surface area contributed by atoms with Gasteiger partial charge in [0.25, 0.3) is 0 Å². The van der Waals surface area contributed by atoms with Crippen LogP contribution in [0.2, 0.25) is 0 Å². The molecule has 4 N–H and O–H groups in total. The van der Waals surface area contributed by atoms with Crippen molar-refractivity contribution in [1.29, 1.82) is 0 Å². The van der Waals surface area contributed by atoms with Gasteiger partial charge in [0.05, 0.1) is 0 Å². The van der Waals surface area contributed by atoms with Crippen molar-refractivity contribution in [2.45, 2.75) is 0 Å². The van der Waals surface area contributed by atoms with E-state index in [1.54, 1.807) is 0 Å². The van der Waals surface area contributed by atoms with Gasteiger partial charge in [-0.15, -0.1) is 0 Å². The zero-order chi connectivity index (χ0) is 6.00. The van der Waals surface area contributed by atoms with Crippen molar-refractivity contribution in [2.24, 2.45) is 0 Å². The summed E-state index contributed by atoms with van der Waals surface area (Å²) >= 11 is 0. The van der Waals surface area contributed by atoms with Gasteiger partial charge in [-0.1, -0.05) is 0 Å². The van der Waals surface area contributed by atoms with Crippen molar-refractivity contribution in [3.05, 3.63) is 0 Å². The predicted octanol–water partition coefficient (Wildman–Crippen LogP) is -8.34. The first-order chi connectivity index (χ1) is 3.00. The van der Waals surface area contributed by atoms with Crippen molar-refractivity contribution in [3.8, 4) is 0 Å². The molecule has 0 amide bonds. The fraction of sp³-hybridized carbons (Fsp3) is 0. The monoisotopic (exact) mass is 146 g/mol. The topological polar surface area (TPSA) is 127 Å². The SMILES string of the molecule is OO.OO.[Na+].[Na+].[O-][O-]. The standard InChI is InChI=1S/2Na.2H2O2.O2/c;;3*1-2/h;;2*1-2H;/q2*+1;;;-2. The van der Waals surface area contributed by atoms with Crippen LogP contribution in [-0.2, 0) is 0 Å². The van der Waals surface area contributed by atoms with E-state index in [-0.39, 0.29) is 59.1 Å². The summed E-state index contributed by atoms with van der Waals surface area (Å²) in [6.07, 6.45) is 0. The summed E-state index contributed by atoms with van der Waals surface area (Å²) in [5.74, 6) is 0. The summed E-state index contributed by atoms with van der Waals surface area (Å²) in [6, 6.07) is 0. The first kappa shape index (κ1) is 33.1. The molecule has 0 aromatic carbocycles. The molecule has 0 radical (unpaired) electrons. The second-order valence-corrected chi connectivity index (χ2v) is 0. The average Bonchev–Trinajstić information content (AvgIpc) is 1.81. The quantitative estimate of drug-likeness (QED) is 0.153. The van der Waals surface area contributed by atoms with Gasteiger partial charge in [0.2, 0.25) is 0 Å². The Morgan fingerprint density at radius 2 is 0.625 bits per heavy atom. The van der Waals surface area contributed by atoms with Crippen LogP contribution in [0.4, 0.5) is 0 Å². The van der Waals surface area contributed by atoms with E-state index in [2.05, 4.69) is 0 Å². The number of rotatable bonds is 0. The van der Waals surface area contributed by atoms with E-state index in [9.17, 15) is 0 Å². The molecule has 8 heavy (non-hydrogen) atoms. The fourth-order valence-electron chi connectivity index (χ4n) is 0. The zero-order valence-electron chi connectivity index (χ0n) is 4.61. The molecule has 0 aromatic heterocycles. The van der Waals surface area contributed by atoms with Gasteiger partial charge < -0.3 is 10.5 Å². The molecule has 0 rings (SSSR count). The van der Waals surface area contributed by atoms with Crippen molar-refractivity contribution in [1.82, 2.24) is 0 Å². The Morgan fingerprint density at radius 1 is 0.625 bits per heavy atom. The zero-order valence-corrected chi connectivity index (χ0v) is 8.61. The molecular weight excluding hydrogens is 142 g/mol. The van der Waals surface area contributed by atoms with Gasteiger partial charge in [0.15, 0.2) is 0 Å². The average molecular weight is 146 g/mol. The molecule has 42 valence electrons.